The lowest BCUT2D eigenvalue weighted by Gasteiger charge is -2.31. The molecule has 1 saturated heterocycles. The molecule has 0 radical (unpaired) electrons. The topological polar surface area (TPSA) is 58.6 Å². The van der Waals surface area contributed by atoms with Crippen LogP contribution in [0.5, 0.6) is 0 Å². The first-order valence-corrected chi connectivity index (χ1v) is 12.7. The van der Waals surface area contributed by atoms with Crippen molar-refractivity contribution in [2.45, 2.75) is 57.8 Å². The number of thiophene rings is 1. The van der Waals surface area contributed by atoms with E-state index in [1.54, 1.807) is 11.3 Å². The highest BCUT2D eigenvalue weighted by Gasteiger charge is 2.27. The van der Waals surface area contributed by atoms with Gasteiger partial charge in [-0.25, -0.2) is 4.79 Å². The minimum atomic E-state index is -0.333. The highest BCUT2D eigenvalue weighted by atomic mass is 32.1. The molecule has 0 unspecified atom stereocenters. The van der Waals surface area contributed by atoms with Crippen LogP contribution in [0, 0.1) is 5.92 Å². The Bertz CT molecular complexity index is 917. The van der Waals surface area contributed by atoms with Crippen LogP contribution in [0.15, 0.2) is 30.3 Å². The molecule has 0 bridgehead atoms. The molecule has 0 atom stereocenters. The first kappa shape index (κ1) is 23.0. The summed E-state index contributed by atoms with van der Waals surface area (Å²) in [5.41, 5.74) is 3.08. The summed E-state index contributed by atoms with van der Waals surface area (Å²) in [5, 5.41) is 3.73. The van der Waals surface area contributed by atoms with Gasteiger partial charge >= 0.3 is 5.97 Å². The first-order valence-electron chi connectivity index (χ1n) is 11.9. The number of piperidine rings is 1. The Morgan fingerprint density at radius 2 is 1.78 bits per heavy atom. The van der Waals surface area contributed by atoms with Crippen LogP contribution in [-0.4, -0.2) is 43.5 Å². The average molecular weight is 455 g/mol. The van der Waals surface area contributed by atoms with Crippen molar-refractivity contribution < 1.29 is 14.3 Å². The number of nitrogens with one attached hydrogen (secondary N) is 1. The van der Waals surface area contributed by atoms with E-state index in [1.165, 1.54) is 30.4 Å². The third-order valence-corrected chi connectivity index (χ3v) is 7.96. The highest BCUT2D eigenvalue weighted by Crippen LogP contribution is 2.37. The SMILES string of the molecule is COC(=O)c1c(NC(=O)CN2CCC(Cc3ccccc3)CC2)sc2c1CCCCCC2. The van der Waals surface area contributed by atoms with Crippen LogP contribution in [0.4, 0.5) is 5.00 Å². The number of nitrogens with zero attached hydrogens (tertiary/aromatic N) is 1. The standard InChI is InChI=1S/C26H34N2O3S/c1-31-26(30)24-21-11-7-2-3-8-12-22(21)32-25(24)27-23(29)18-28-15-13-20(14-16-28)17-19-9-5-4-6-10-19/h4-6,9-10,20H,2-3,7-8,11-18H2,1H3,(H,27,29). The normalized spacial score (nSPS) is 17.8. The summed E-state index contributed by atoms with van der Waals surface area (Å²) < 4.78 is 5.07. The number of carbonyl (C=O) groups excluding carboxylic acids is 2. The molecular weight excluding hydrogens is 420 g/mol. The molecule has 1 amide bonds. The second-order valence-corrected chi connectivity index (χ2v) is 10.2. The maximum absolute atomic E-state index is 12.9. The molecule has 4 rings (SSSR count). The number of fused-ring (bicyclic) bond motifs is 1. The Hall–Kier alpha value is -2.18. The molecule has 1 aliphatic heterocycles. The maximum Gasteiger partial charge on any atom is 0.341 e. The van der Waals surface area contributed by atoms with Crippen molar-refractivity contribution in [1.82, 2.24) is 4.90 Å². The van der Waals surface area contributed by atoms with Crippen LogP contribution >= 0.6 is 11.3 Å². The van der Waals surface area contributed by atoms with Crippen LogP contribution < -0.4 is 5.32 Å². The Morgan fingerprint density at radius 1 is 1.06 bits per heavy atom. The van der Waals surface area contributed by atoms with Gasteiger partial charge in [-0.1, -0.05) is 43.2 Å². The number of hydrogen-bond acceptors (Lipinski definition) is 5. The summed E-state index contributed by atoms with van der Waals surface area (Å²) in [4.78, 5) is 28.9. The van der Waals surface area contributed by atoms with Crippen molar-refractivity contribution in [3.63, 3.8) is 0 Å². The number of hydrogen-bond donors (Lipinski definition) is 1. The third kappa shape index (κ3) is 5.78. The van der Waals surface area contributed by atoms with E-state index in [9.17, 15) is 9.59 Å². The summed E-state index contributed by atoms with van der Waals surface area (Å²) in [6.45, 7) is 2.26. The lowest BCUT2D eigenvalue weighted by atomic mass is 9.90. The highest BCUT2D eigenvalue weighted by molar-refractivity contribution is 7.17. The molecule has 2 aromatic rings. The predicted octanol–water partition coefficient (Wildman–Crippen LogP) is 5.09. The number of likely N-dealkylation sites (tertiary alicyclic amines) is 1. The maximum atomic E-state index is 12.9. The van der Waals surface area contributed by atoms with Gasteiger partial charge in [-0.15, -0.1) is 11.3 Å². The summed E-state index contributed by atoms with van der Waals surface area (Å²) in [7, 11) is 1.42. The smallest absolute Gasteiger partial charge is 0.341 e. The molecular formula is C26H34N2O3S. The molecule has 0 saturated carbocycles. The average Bonchev–Trinajstić information content (AvgIpc) is 3.11. The van der Waals surface area contributed by atoms with E-state index in [1.807, 2.05) is 0 Å². The monoisotopic (exact) mass is 454 g/mol. The van der Waals surface area contributed by atoms with Crippen molar-refractivity contribution in [2.24, 2.45) is 5.92 Å². The lowest BCUT2D eigenvalue weighted by Crippen LogP contribution is -2.39. The fourth-order valence-electron chi connectivity index (χ4n) is 4.99. The fourth-order valence-corrected chi connectivity index (χ4v) is 6.28. The van der Waals surface area contributed by atoms with Crippen molar-refractivity contribution in [3.8, 4) is 0 Å². The van der Waals surface area contributed by atoms with Gasteiger partial charge < -0.3 is 10.1 Å². The largest absolute Gasteiger partial charge is 0.465 e. The van der Waals surface area contributed by atoms with E-state index < -0.39 is 0 Å². The number of methoxy groups -OCH3 is 1. The number of benzene rings is 1. The Kier molecular flexibility index (Phi) is 7.98. The summed E-state index contributed by atoms with van der Waals surface area (Å²) in [6, 6.07) is 10.7. The Labute approximate surface area is 195 Å². The van der Waals surface area contributed by atoms with Gasteiger partial charge in [-0.2, -0.15) is 0 Å². The number of amides is 1. The van der Waals surface area contributed by atoms with Crippen LogP contribution in [0.1, 0.15) is 64.9 Å². The second-order valence-electron chi connectivity index (χ2n) is 9.07. The van der Waals surface area contributed by atoms with Crippen molar-refractivity contribution in [3.05, 3.63) is 51.9 Å². The predicted molar refractivity (Wildman–Crippen MR) is 129 cm³/mol. The molecule has 5 nitrogen and oxygen atoms in total. The summed E-state index contributed by atoms with van der Waals surface area (Å²) in [5.74, 6) is 0.311. The molecule has 1 aromatic heterocycles. The van der Waals surface area contributed by atoms with E-state index in [4.69, 9.17) is 4.74 Å². The summed E-state index contributed by atoms with van der Waals surface area (Å²) in [6.07, 6.45) is 9.86. The minimum Gasteiger partial charge on any atom is -0.465 e. The molecule has 2 aliphatic rings. The van der Waals surface area contributed by atoms with E-state index in [0.717, 1.165) is 63.6 Å². The third-order valence-electron chi connectivity index (χ3n) is 6.76. The number of esters is 1. The molecule has 0 spiro atoms. The zero-order chi connectivity index (χ0) is 22.3. The van der Waals surface area contributed by atoms with Crippen molar-refractivity contribution in [1.29, 1.82) is 0 Å². The molecule has 1 aliphatic carbocycles. The molecule has 6 heteroatoms. The zero-order valence-electron chi connectivity index (χ0n) is 19.0. The number of anilines is 1. The van der Waals surface area contributed by atoms with Gasteiger partial charge in [0.25, 0.3) is 0 Å². The lowest BCUT2D eigenvalue weighted by molar-refractivity contribution is -0.117. The Balaban J connectivity index is 1.35. The molecule has 172 valence electrons. The van der Waals surface area contributed by atoms with Crippen LogP contribution in [0.3, 0.4) is 0 Å². The van der Waals surface area contributed by atoms with Gasteiger partial charge in [0.1, 0.15) is 5.00 Å². The van der Waals surface area contributed by atoms with E-state index in [2.05, 4.69) is 40.5 Å². The number of carbonyl (C=O) groups is 2. The van der Waals surface area contributed by atoms with Gasteiger partial charge in [0.05, 0.1) is 19.2 Å². The Morgan fingerprint density at radius 3 is 2.50 bits per heavy atom. The minimum absolute atomic E-state index is 0.0362. The fraction of sp³-hybridized carbons (Fsp3) is 0.538. The van der Waals surface area contributed by atoms with Crippen molar-refractivity contribution >= 4 is 28.2 Å². The van der Waals surface area contributed by atoms with Gasteiger partial charge in [0, 0.05) is 4.88 Å². The first-order chi connectivity index (χ1) is 15.6. The molecule has 1 aromatic carbocycles. The van der Waals surface area contributed by atoms with Gasteiger partial charge in [0.15, 0.2) is 0 Å². The van der Waals surface area contributed by atoms with Crippen LogP contribution in [0.25, 0.3) is 0 Å². The van der Waals surface area contributed by atoms with Crippen LogP contribution in [-0.2, 0) is 28.8 Å². The van der Waals surface area contributed by atoms with Crippen molar-refractivity contribution in [2.75, 3.05) is 32.1 Å². The molecule has 1 N–H and O–H groups in total. The molecule has 2 heterocycles. The van der Waals surface area contributed by atoms with Gasteiger partial charge in [-0.05, 0) is 75.1 Å². The van der Waals surface area contributed by atoms with E-state index in [0.29, 0.717) is 23.0 Å². The number of aryl methyl sites for hydroxylation is 1. The number of rotatable bonds is 6. The van der Waals surface area contributed by atoms with Gasteiger partial charge in [-0.3, -0.25) is 9.69 Å². The van der Waals surface area contributed by atoms with E-state index >= 15 is 0 Å². The van der Waals surface area contributed by atoms with Gasteiger partial charge in [0.2, 0.25) is 5.91 Å². The second kappa shape index (κ2) is 11.1. The molecule has 32 heavy (non-hydrogen) atoms. The van der Waals surface area contributed by atoms with Crippen LogP contribution in [0.2, 0.25) is 0 Å². The quantitative estimate of drug-likeness (QED) is 0.618. The van der Waals surface area contributed by atoms with E-state index in [-0.39, 0.29) is 11.9 Å². The molecule has 1 fully saturated rings. The number of ether oxygens (including phenoxy) is 1. The summed E-state index contributed by atoms with van der Waals surface area (Å²) >= 11 is 1.57. The zero-order valence-corrected chi connectivity index (χ0v) is 19.8.